The number of hydrogen-bond acceptors (Lipinski definition) is 3. The maximum atomic E-state index is 12.4. The van der Waals surface area contributed by atoms with E-state index in [9.17, 15) is 10.1 Å². The normalized spacial score (nSPS) is 10.9. The zero-order chi connectivity index (χ0) is 21.5. The van der Waals surface area contributed by atoms with E-state index in [2.05, 4.69) is 27.9 Å². The maximum Gasteiger partial charge on any atom is 0.266 e. The van der Waals surface area contributed by atoms with Crippen molar-refractivity contribution >= 4 is 63.5 Å². The van der Waals surface area contributed by atoms with Crippen molar-refractivity contribution in [2.75, 3.05) is 5.32 Å². The minimum absolute atomic E-state index is 0.0330. The summed E-state index contributed by atoms with van der Waals surface area (Å²) in [7, 11) is 0. The van der Waals surface area contributed by atoms with Crippen molar-refractivity contribution < 1.29 is 9.53 Å². The maximum absolute atomic E-state index is 12.4. The number of anilines is 1. The molecule has 0 heterocycles. The van der Waals surface area contributed by atoms with Crippen molar-refractivity contribution in [3.63, 3.8) is 0 Å². The summed E-state index contributed by atoms with van der Waals surface area (Å²) >= 11 is 14.6. The van der Waals surface area contributed by atoms with E-state index in [1.54, 1.807) is 36.4 Å². The third-order valence-electron chi connectivity index (χ3n) is 4.08. The van der Waals surface area contributed by atoms with Crippen LogP contribution < -0.4 is 10.1 Å². The van der Waals surface area contributed by atoms with Gasteiger partial charge in [-0.3, -0.25) is 4.79 Å². The predicted octanol–water partition coefficient (Wildman–Crippen LogP) is 6.72. The summed E-state index contributed by atoms with van der Waals surface area (Å²) in [6, 6.07) is 21.7. The number of carbonyl (C=O) groups is 1. The highest BCUT2D eigenvalue weighted by Crippen LogP contribution is 2.28. The van der Waals surface area contributed by atoms with E-state index in [4.69, 9.17) is 27.9 Å². The highest BCUT2D eigenvalue weighted by molar-refractivity contribution is 14.1. The van der Waals surface area contributed by atoms with Gasteiger partial charge in [0.1, 0.15) is 24.0 Å². The van der Waals surface area contributed by atoms with E-state index in [1.165, 1.54) is 6.08 Å². The fraction of sp³-hybridized carbons (Fsp3) is 0.0435. The van der Waals surface area contributed by atoms with Crippen LogP contribution in [0.4, 0.5) is 5.69 Å². The van der Waals surface area contributed by atoms with Crippen molar-refractivity contribution in [1.82, 2.24) is 0 Å². The van der Waals surface area contributed by atoms with Gasteiger partial charge in [-0.2, -0.15) is 5.26 Å². The molecule has 0 fully saturated rings. The molecule has 7 heteroatoms. The first-order chi connectivity index (χ1) is 14.5. The summed E-state index contributed by atoms with van der Waals surface area (Å²) in [4.78, 5) is 12.4. The van der Waals surface area contributed by atoms with Crippen molar-refractivity contribution in [3.05, 3.63) is 97.0 Å². The van der Waals surface area contributed by atoms with E-state index in [0.29, 0.717) is 27.0 Å². The molecule has 0 aliphatic heterocycles. The number of rotatable bonds is 6. The van der Waals surface area contributed by atoms with Crippen LogP contribution in [0, 0.1) is 14.9 Å². The lowest BCUT2D eigenvalue weighted by molar-refractivity contribution is -0.112. The monoisotopic (exact) mass is 548 g/mol. The molecular formula is C23H15Cl2IN2O2. The molecule has 0 aliphatic rings. The average Bonchev–Trinajstić information content (AvgIpc) is 2.74. The Labute approximate surface area is 198 Å². The number of nitrogens with one attached hydrogen (secondary N) is 1. The lowest BCUT2D eigenvalue weighted by Gasteiger charge is -2.10. The summed E-state index contributed by atoms with van der Waals surface area (Å²) in [6.45, 7) is 0.274. The van der Waals surface area contributed by atoms with Gasteiger partial charge in [0.15, 0.2) is 0 Å². The standard InChI is InChI=1S/C23H15Cl2IN2O2/c24-20-4-2-1-3-16(20)14-30-22-10-5-15(12-21(22)25)11-17(13-27)23(29)28-19-8-6-18(26)7-9-19/h1-12H,14H2,(H,28,29)/b17-11+. The number of ether oxygens (including phenoxy) is 1. The first-order valence-electron chi connectivity index (χ1n) is 8.81. The second kappa shape index (κ2) is 10.5. The minimum Gasteiger partial charge on any atom is -0.487 e. The molecule has 0 saturated heterocycles. The summed E-state index contributed by atoms with van der Waals surface area (Å²) in [5, 5.41) is 13.1. The van der Waals surface area contributed by atoms with Gasteiger partial charge >= 0.3 is 0 Å². The molecule has 4 nitrogen and oxygen atoms in total. The number of halogens is 3. The number of carbonyl (C=O) groups excluding carboxylic acids is 1. The Morgan fingerprint density at radius 2 is 1.80 bits per heavy atom. The third-order valence-corrected chi connectivity index (χ3v) is 5.46. The molecule has 0 spiro atoms. The van der Waals surface area contributed by atoms with Gasteiger partial charge in [0.05, 0.1) is 5.02 Å². The van der Waals surface area contributed by atoms with E-state index in [-0.39, 0.29) is 12.2 Å². The molecule has 150 valence electrons. The summed E-state index contributed by atoms with van der Waals surface area (Å²) in [5.74, 6) is -0.00976. The molecule has 0 saturated carbocycles. The molecule has 0 radical (unpaired) electrons. The molecule has 1 N–H and O–H groups in total. The van der Waals surface area contributed by atoms with Crippen LogP contribution in [0.5, 0.6) is 5.75 Å². The van der Waals surface area contributed by atoms with Gasteiger partial charge in [0, 0.05) is 19.8 Å². The van der Waals surface area contributed by atoms with E-state index in [1.807, 2.05) is 36.4 Å². The van der Waals surface area contributed by atoms with Crippen LogP contribution in [0.15, 0.2) is 72.3 Å². The second-order valence-electron chi connectivity index (χ2n) is 6.20. The Balaban J connectivity index is 1.71. The Bertz CT molecular complexity index is 1140. The molecule has 3 aromatic carbocycles. The zero-order valence-electron chi connectivity index (χ0n) is 15.5. The van der Waals surface area contributed by atoms with Crippen LogP contribution in [-0.2, 0) is 11.4 Å². The highest BCUT2D eigenvalue weighted by atomic mass is 127. The lowest BCUT2D eigenvalue weighted by atomic mass is 10.1. The van der Waals surface area contributed by atoms with Gasteiger partial charge in [0.25, 0.3) is 5.91 Å². The molecule has 0 aromatic heterocycles. The molecule has 3 aromatic rings. The van der Waals surface area contributed by atoms with Crippen LogP contribution in [0.2, 0.25) is 10.0 Å². The Hall–Kier alpha value is -2.53. The van der Waals surface area contributed by atoms with Crippen molar-refractivity contribution in [1.29, 1.82) is 5.26 Å². The van der Waals surface area contributed by atoms with E-state index in [0.717, 1.165) is 9.13 Å². The predicted molar refractivity (Wildman–Crippen MR) is 129 cm³/mol. The van der Waals surface area contributed by atoms with Crippen LogP contribution in [0.1, 0.15) is 11.1 Å². The average molecular weight is 549 g/mol. The third kappa shape index (κ3) is 5.99. The fourth-order valence-corrected chi connectivity index (χ4v) is 3.34. The molecule has 0 aliphatic carbocycles. The molecule has 0 unspecified atom stereocenters. The first kappa shape index (κ1) is 22.2. The molecule has 0 bridgehead atoms. The molecule has 0 atom stereocenters. The second-order valence-corrected chi connectivity index (χ2v) is 8.26. The van der Waals surface area contributed by atoms with Crippen molar-refractivity contribution in [2.45, 2.75) is 6.61 Å². The highest BCUT2D eigenvalue weighted by Gasteiger charge is 2.11. The lowest BCUT2D eigenvalue weighted by Crippen LogP contribution is -2.13. The number of nitriles is 1. The smallest absolute Gasteiger partial charge is 0.266 e. The number of amides is 1. The van der Waals surface area contributed by atoms with Gasteiger partial charge in [-0.25, -0.2) is 0 Å². The Morgan fingerprint density at radius 1 is 1.07 bits per heavy atom. The van der Waals surface area contributed by atoms with E-state index < -0.39 is 5.91 Å². The quantitative estimate of drug-likeness (QED) is 0.211. The van der Waals surface area contributed by atoms with Gasteiger partial charge in [0.2, 0.25) is 0 Å². The molecule has 30 heavy (non-hydrogen) atoms. The zero-order valence-corrected chi connectivity index (χ0v) is 19.2. The van der Waals surface area contributed by atoms with Crippen molar-refractivity contribution in [3.8, 4) is 11.8 Å². The largest absolute Gasteiger partial charge is 0.487 e. The summed E-state index contributed by atoms with van der Waals surface area (Å²) < 4.78 is 6.79. The SMILES string of the molecule is N#C/C(=C\c1ccc(OCc2ccccc2Cl)c(Cl)c1)C(=O)Nc1ccc(I)cc1. The van der Waals surface area contributed by atoms with Gasteiger partial charge in [-0.05, 0) is 76.7 Å². The number of nitrogens with zero attached hydrogens (tertiary/aromatic N) is 1. The summed E-state index contributed by atoms with van der Waals surface area (Å²) in [5.41, 5.74) is 2.04. The van der Waals surface area contributed by atoms with Crippen LogP contribution in [0.3, 0.4) is 0 Å². The Kier molecular flexibility index (Phi) is 7.75. The molecule has 1 amide bonds. The van der Waals surface area contributed by atoms with Crippen LogP contribution in [0.25, 0.3) is 6.08 Å². The van der Waals surface area contributed by atoms with Gasteiger partial charge in [-0.15, -0.1) is 0 Å². The van der Waals surface area contributed by atoms with Crippen LogP contribution in [-0.4, -0.2) is 5.91 Å². The topological polar surface area (TPSA) is 62.1 Å². The number of hydrogen-bond donors (Lipinski definition) is 1. The van der Waals surface area contributed by atoms with Gasteiger partial charge in [-0.1, -0.05) is 47.5 Å². The number of benzene rings is 3. The summed E-state index contributed by atoms with van der Waals surface area (Å²) in [6.07, 6.45) is 1.48. The van der Waals surface area contributed by atoms with E-state index >= 15 is 0 Å². The molecular weight excluding hydrogens is 534 g/mol. The Morgan fingerprint density at radius 3 is 2.47 bits per heavy atom. The molecule has 3 rings (SSSR count). The fourth-order valence-electron chi connectivity index (χ4n) is 2.54. The first-order valence-corrected chi connectivity index (χ1v) is 10.6. The van der Waals surface area contributed by atoms with Gasteiger partial charge < -0.3 is 10.1 Å². The van der Waals surface area contributed by atoms with Crippen molar-refractivity contribution in [2.24, 2.45) is 0 Å². The van der Waals surface area contributed by atoms with Crippen LogP contribution >= 0.6 is 45.8 Å². The minimum atomic E-state index is -0.492.